The first-order valence-electron chi connectivity index (χ1n) is 6.60. The molecule has 4 nitrogen and oxygen atoms in total. The van der Waals surface area contributed by atoms with Crippen LogP contribution in [-0.2, 0) is 17.4 Å². The maximum atomic E-state index is 12.6. The van der Waals surface area contributed by atoms with Gasteiger partial charge in [-0.3, -0.25) is 4.79 Å². The summed E-state index contributed by atoms with van der Waals surface area (Å²) in [5.74, 6) is -2.12. The molecule has 1 unspecified atom stereocenters. The minimum absolute atomic E-state index is 0.0119. The van der Waals surface area contributed by atoms with Gasteiger partial charge in [0.2, 0.25) is 0 Å². The van der Waals surface area contributed by atoms with Gasteiger partial charge in [-0.05, 0) is 23.8 Å². The molecule has 0 spiro atoms. The molecule has 0 saturated heterocycles. The number of halogens is 4. The van der Waals surface area contributed by atoms with Crippen LogP contribution in [0.15, 0.2) is 40.2 Å². The zero-order valence-corrected chi connectivity index (χ0v) is 14.3. The van der Waals surface area contributed by atoms with Crippen molar-refractivity contribution in [3.8, 4) is 0 Å². The summed E-state index contributed by atoms with van der Waals surface area (Å²) < 4.78 is 38.4. The highest BCUT2D eigenvalue weighted by Crippen LogP contribution is 2.32. The van der Waals surface area contributed by atoms with Crippen LogP contribution in [0.2, 0.25) is 0 Å². The van der Waals surface area contributed by atoms with Crippen molar-refractivity contribution in [1.29, 1.82) is 0 Å². The third-order valence-electron chi connectivity index (χ3n) is 3.08. The normalized spacial score (nSPS) is 12.7. The minimum Gasteiger partial charge on any atom is -0.480 e. The van der Waals surface area contributed by atoms with Gasteiger partial charge in [-0.2, -0.15) is 13.2 Å². The first kappa shape index (κ1) is 18.5. The molecule has 0 saturated carbocycles. The van der Waals surface area contributed by atoms with E-state index in [1.54, 1.807) is 24.3 Å². The second-order valence-corrected chi connectivity index (χ2v) is 6.72. The summed E-state index contributed by atoms with van der Waals surface area (Å²) in [6.45, 7) is 0. The van der Waals surface area contributed by atoms with Crippen LogP contribution < -0.4 is 5.32 Å². The molecule has 1 aromatic carbocycles. The van der Waals surface area contributed by atoms with E-state index < -0.39 is 29.7 Å². The highest BCUT2D eigenvalue weighted by atomic mass is 79.9. The Kier molecular flexibility index (Phi) is 5.66. The van der Waals surface area contributed by atoms with Gasteiger partial charge in [-0.25, -0.2) is 4.79 Å². The third kappa shape index (κ3) is 4.81. The van der Waals surface area contributed by atoms with Crippen molar-refractivity contribution in [1.82, 2.24) is 5.32 Å². The van der Waals surface area contributed by atoms with Crippen molar-refractivity contribution in [2.24, 2.45) is 0 Å². The van der Waals surface area contributed by atoms with E-state index in [4.69, 9.17) is 0 Å². The smallest absolute Gasteiger partial charge is 0.417 e. The summed E-state index contributed by atoms with van der Waals surface area (Å²) in [6, 6.07) is 6.34. The molecule has 0 radical (unpaired) electrons. The summed E-state index contributed by atoms with van der Waals surface area (Å²) in [4.78, 5) is 23.1. The Labute approximate surface area is 147 Å². The lowest BCUT2D eigenvalue weighted by atomic mass is 10.1. The second-order valence-electron chi connectivity index (χ2n) is 4.90. The number of carboxylic acids is 1. The van der Waals surface area contributed by atoms with Crippen molar-refractivity contribution < 1.29 is 27.9 Å². The Hall–Kier alpha value is -1.87. The third-order valence-corrected chi connectivity index (χ3v) is 4.51. The molecular weight excluding hydrogens is 411 g/mol. The number of carboxylic acid groups (broad SMARTS) is 1. The fourth-order valence-corrected chi connectivity index (χ4v) is 3.20. The quantitative estimate of drug-likeness (QED) is 0.767. The van der Waals surface area contributed by atoms with Gasteiger partial charge in [0.15, 0.2) is 0 Å². The number of amides is 1. The summed E-state index contributed by atoms with van der Waals surface area (Å²) >= 11 is 3.87. The monoisotopic (exact) mass is 421 g/mol. The molecule has 0 aliphatic heterocycles. The van der Waals surface area contributed by atoms with Crippen molar-refractivity contribution in [2.75, 3.05) is 0 Å². The molecule has 2 N–H and O–H groups in total. The molecule has 1 aromatic heterocycles. The highest BCUT2D eigenvalue weighted by Gasteiger charge is 2.32. The molecule has 1 heterocycles. The average molecular weight is 422 g/mol. The van der Waals surface area contributed by atoms with Gasteiger partial charge in [0.05, 0.1) is 10.4 Å². The van der Waals surface area contributed by atoms with Crippen LogP contribution in [0.5, 0.6) is 0 Å². The standard InChI is InChI=1S/C15H11BrF3NO3S/c16-10-3-1-2-8(4-10)5-11(14(22)23)20-13(21)12-6-9(7-24-12)15(17,18)19/h1-4,6-7,11H,5H2,(H,20,21)(H,22,23). The first-order chi connectivity index (χ1) is 11.2. The minimum atomic E-state index is -4.54. The van der Waals surface area contributed by atoms with E-state index in [1.165, 1.54) is 0 Å². The van der Waals surface area contributed by atoms with E-state index in [-0.39, 0.29) is 11.3 Å². The fourth-order valence-electron chi connectivity index (χ4n) is 1.93. The Morgan fingerprint density at radius 2 is 2.00 bits per heavy atom. The first-order valence-corrected chi connectivity index (χ1v) is 8.28. The van der Waals surface area contributed by atoms with E-state index in [0.717, 1.165) is 9.85 Å². The molecule has 1 atom stereocenters. The van der Waals surface area contributed by atoms with Crippen LogP contribution in [0, 0.1) is 0 Å². The van der Waals surface area contributed by atoms with E-state index in [2.05, 4.69) is 21.2 Å². The van der Waals surface area contributed by atoms with Crippen LogP contribution in [0.4, 0.5) is 13.2 Å². The number of aliphatic carboxylic acids is 1. The number of rotatable bonds is 5. The number of hydrogen-bond donors (Lipinski definition) is 2. The topological polar surface area (TPSA) is 66.4 Å². The van der Waals surface area contributed by atoms with Crippen LogP contribution in [0.25, 0.3) is 0 Å². The summed E-state index contributed by atoms with van der Waals surface area (Å²) in [5.41, 5.74) is -0.268. The lowest BCUT2D eigenvalue weighted by molar-refractivity contribution is -0.139. The van der Waals surface area contributed by atoms with Gasteiger partial charge in [0.1, 0.15) is 6.04 Å². The lowest BCUT2D eigenvalue weighted by Gasteiger charge is -2.14. The van der Waals surface area contributed by atoms with Crippen molar-refractivity contribution >= 4 is 39.1 Å². The van der Waals surface area contributed by atoms with Gasteiger partial charge >= 0.3 is 12.1 Å². The Morgan fingerprint density at radius 3 is 2.54 bits per heavy atom. The molecule has 24 heavy (non-hydrogen) atoms. The molecule has 0 fully saturated rings. The Balaban J connectivity index is 2.11. The predicted octanol–water partition coefficient (Wildman–Crippen LogP) is 3.96. The predicted molar refractivity (Wildman–Crippen MR) is 86.1 cm³/mol. The molecule has 1 amide bonds. The molecule has 2 rings (SSSR count). The summed E-state index contributed by atoms with van der Waals surface area (Å²) in [6.07, 6.45) is -4.53. The van der Waals surface area contributed by atoms with E-state index >= 15 is 0 Å². The molecular formula is C15H11BrF3NO3S. The number of carbonyl (C=O) groups excluding carboxylic acids is 1. The molecule has 0 bridgehead atoms. The lowest BCUT2D eigenvalue weighted by Crippen LogP contribution is -2.42. The Bertz CT molecular complexity index is 760. The van der Waals surface area contributed by atoms with Crippen LogP contribution in [-0.4, -0.2) is 23.0 Å². The van der Waals surface area contributed by atoms with Gasteiger partial charge in [-0.1, -0.05) is 28.1 Å². The van der Waals surface area contributed by atoms with Crippen molar-refractivity contribution in [3.63, 3.8) is 0 Å². The van der Waals surface area contributed by atoms with Crippen LogP contribution in [0.3, 0.4) is 0 Å². The van der Waals surface area contributed by atoms with Gasteiger partial charge < -0.3 is 10.4 Å². The highest BCUT2D eigenvalue weighted by molar-refractivity contribution is 9.10. The van der Waals surface area contributed by atoms with Crippen LogP contribution in [0.1, 0.15) is 20.8 Å². The number of carbonyl (C=O) groups is 2. The summed E-state index contributed by atoms with van der Waals surface area (Å²) in [5, 5.41) is 12.3. The molecule has 128 valence electrons. The molecule has 0 aliphatic rings. The number of thiophene rings is 1. The Morgan fingerprint density at radius 1 is 1.29 bits per heavy atom. The van der Waals surface area contributed by atoms with Gasteiger partial charge in [-0.15, -0.1) is 11.3 Å². The number of alkyl halides is 3. The summed E-state index contributed by atoms with van der Waals surface area (Å²) in [7, 11) is 0. The number of benzene rings is 1. The zero-order chi connectivity index (χ0) is 17.9. The molecule has 0 aliphatic carbocycles. The largest absolute Gasteiger partial charge is 0.480 e. The maximum Gasteiger partial charge on any atom is 0.417 e. The van der Waals surface area contributed by atoms with Gasteiger partial charge in [0, 0.05) is 16.3 Å². The molecule has 9 heteroatoms. The van der Waals surface area contributed by atoms with E-state index in [0.29, 0.717) is 23.0 Å². The van der Waals surface area contributed by atoms with Crippen molar-refractivity contribution in [3.05, 3.63) is 56.2 Å². The van der Waals surface area contributed by atoms with E-state index in [9.17, 15) is 27.9 Å². The van der Waals surface area contributed by atoms with Crippen LogP contribution >= 0.6 is 27.3 Å². The SMILES string of the molecule is O=C(NC(Cc1cccc(Br)c1)C(=O)O)c1cc(C(F)(F)F)cs1. The van der Waals surface area contributed by atoms with Crippen molar-refractivity contribution in [2.45, 2.75) is 18.6 Å². The molecule has 2 aromatic rings. The van der Waals surface area contributed by atoms with E-state index in [1.807, 2.05) is 0 Å². The zero-order valence-electron chi connectivity index (χ0n) is 11.9. The number of hydrogen-bond acceptors (Lipinski definition) is 3. The van der Waals surface area contributed by atoms with Gasteiger partial charge in [0.25, 0.3) is 5.91 Å². The number of nitrogens with one attached hydrogen (secondary N) is 1. The average Bonchev–Trinajstić information content (AvgIpc) is 2.96. The second kappa shape index (κ2) is 7.35. The maximum absolute atomic E-state index is 12.6. The fraction of sp³-hybridized carbons (Fsp3) is 0.200.